The number of nitrogens with one attached hydrogen (secondary N) is 1. The fourth-order valence-electron chi connectivity index (χ4n) is 2.42. The maximum Gasteiger partial charge on any atom is 0.227 e. The van der Waals surface area contributed by atoms with Gasteiger partial charge in [-0.2, -0.15) is 0 Å². The number of nitrogens with zero attached hydrogens (tertiary/aromatic N) is 1. The molecule has 0 saturated heterocycles. The molecule has 1 aliphatic rings. The number of fused-ring (bicyclic) bond motifs is 1. The lowest BCUT2D eigenvalue weighted by Gasteiger charge is -2.29. The lowest BCUT2D eigenvalue weighted by Crippen LogP contribution is -2.38. The van der Waals surface area contributed by atoms with Crippen LogP contribution >= 0.6 is 11.8 Å². The number of carbonyl (C=O) groups excluding carboxylic acids is 2. The maximum atomic E-state index is 12.4. The van der Waals surface area contributed by atoms with Crippen LogP contribution in [0, 0.1) is 0 Å². The summed E-state index contributed by atoms with van der Waals surface area (Å²) in [7, 11) is 1.60. The lowest BCUT2D eigenvalue weighted by atomic mass is 10.2. The number of hydrogen-bond donors (Lipinski definition) is 1. The van der Waals surface area contributed by atoms with E-state index in [1.54, 1.807) is 23.8 Å². The van der Waals surface area contributed by atoms with E-state index in [-0.39, 0.29) is 30.7 Å². The predicted molar refractivity (Wildman–Crippen MR) is 88.2 cm³/mol. The van der Waals surface area contributed by atoms with Crippen LogP contribution in [0.5, 0.6) is 0 Å². The summed E-state index contributed by atoms with van der Waals surface area (Å²) in [4.78, 5) is 27.1. The van der Waals surface area contributed by atoms with Gasteiger partial charge in [0.05, 0.1) is 12.3 Å². The molecule has 0 unspecified atom stereocenters. The normalized spacial score (nSPS) is 15.1. The van der Waals surface area contributed by atoms with Crippen molar-refractivity contribution in [3.05, 3.63) is 24.3 Å². The lowest BCUT2D eigenvalue weighted by molar-refractivity contribution is -0.125. The van der Waals surface area contributed by atoms with Crippen LogP contribution in [-0.4, -0.2) is 43.9 Å². The number of amides is 2. The van der Waals surface area contributed by atoms with Gasteiger partial charge in [-0.25, -0.2) is 0 Å². The van der Waals surface area contributed by atoms with Gasteiger partial charge in [0, 0.05) is 43.2 Å². The summed E-state index contributed by atoms with van der Waals surface area (Å²) in [5, 5.41) is 2.82. The third kappa shape index (κ3) is 4.48. The Kier molecular flexibility index (Phi) is 6.27. The van der Waals surface area contributed by atoms with Crippen LogP contribution in [0.15, 0.2) is 29.2 Å². The van der Waals surface area contributed by atoms with Crippen molar-refractivity contribution in [2.75, 3.05) is 30.9 Å². The van der Waals surface area contributed by atoms with Gasteiger partial charge < -0.3 is 15.0 Å². The van der Waals surface area contributed by atoms with Crippen LogP contribution in [-0.2, 0) is 14.3 Å². The van der Waals surface area contributed by atoms with Gasteiger partial charge in [-0.15, -0.1) is 11.8 Å². The molecule has 1 aromatic carbocycles. The zero-order valence-corrected chi connectivity index (χ0v) is 13.8. The number of ether oxygens (including phenoxy) is 1. The molecule has 2 amide bonds. The van der Waals surface area contributed by atoms with E-state index < -0.39 is 0 Å². The summed E-state index contributed by atoms with van der Waals surface area (Å²) in [6, 6.07) is 7.85. The predicted octanol–water partition coefficient (Wildman–Crippen LogP) is 2.06. The zero-order valence-electron chi connectivity index (χ0n) is 13.0. The van der Waals surface area contributed by atoms with Crippen molar-refractivity contribution < 1.29 is 14.3 Å². The molecule has 5 nitrogen and oxygen atoms in total. The average molecular weight is 322 g/mol. The molecule has 1 aliphatic heterocycles. The standard InChI is InChI=1S/C16H22N2O3S/c1-12(11-21-2)17-15(19)7-8-16(20)18-9-10-22-14-6-4-3-5-13(14)18/h3-6,12H,7-11H2,1-2H3,(H,17,19)/t12-/m1/s1. The maximum absolute atomic E-state index is 12.4. The monoisotopic (exact) mass is 322 g/mol. The third-order valence-electron chi connectivity index (χ3n) is 3.42. The SMILES string of the molecule is COC[C@@H](C)NC(=O)CCC(=O)N1CCSc2ccccc21. The number of carbonyl (C=O) groups is 2. The molecular formula is C16H22N2O3S. The highest BCUT2D eigenvalue weighted by Gasteiger charge is 2.23. The van der Waals surface area contributed by atoms with E-state index in [9.17, 15) is 9.59 Å². The van der Waals surface area contributed by atoms with Gasteiger partial charge in [0.25, 0.3) is 0 Å². The van der Waals surface area contributed by atoms with Gasteiger partial charge in [0.1, 0.15) is 0 Å². The topological polar surface area (TPSA) is 58.6 Å². The first-order valence-electron chi connectivity index (χ1n) is 7.42. The van der Waals surface area contributed by atoms with E-state index in [0.29, 0.717) is 13.2 Å². The molecule has 2 rings (SSSR count). The van der Waals surface area contributed by atoms with Crippen LogP contribution in [0.2, 0.25) is 0 Å². The Morgan fingerprint density at radius 3 is 2.91 bits per heavy atom. The summed E-state index contributed by atoms with van der Waals surface area (Å²) >= 11 is 1.76. The smallest absolute Gasteiger partial charge is 0.227 e. The van der Waals surface area contributed by atoms with Crippen LogP contribution in [0.4, 0.5) is 5.69 Å². The third-order valence-corrected chi connectivity index (χ3v) is 4.46. The summed E-state index contributed by atoms with van der Waals surface area (Å²) in [5.74, 6) is 0.777. The summed E-state index contributed by atoms with van der Waals surface area (Å²) in [6.45, 7) is 3.04. The molecule has 1 aromatic rings. The van der Waals surface area contributed by atoms with Gasteiger partial charge in [-0.05, 0) is 19.1 Å². The molecule has 1 atom stereocenters. The Bertz CT molecular complexity index is 536. The van der Waals surface area contributed by atoms with Crippen molar-refractivity contribution in [2.24, 2.45) is 0 Å². The van der Waals surface area contributed by atoms with E-state index in [1.165, 1.54) is 0 Å². The second-order valence-corrected chi connectivity index (χ2v) is 6.42. The molecule has 0 bridgehead atoms. The Labute approximate surface area is 135 Å². The Morgan fingerprint density at radius 1 is 1.36 bits per heavy atom. The highest BCUT2D eigenvalue weighted by molar-refractivity contribution is 7.99. The largest absolute Gasteiger partial charge is 0.383 e. The summed E-state index contributed by atoms with van der Waals surface area (Å²) in [5.41, 5.74) is 0.955. The molecule has 6 heteroatoms. The van der Waals surface area contributed by atoms with Crippen LogP contribution in [0.25, 0.3) is 0 Å². The highest BCUT2D eigenvalue weighted by atomic mass is 32.2. The van der Waals surface area contributed by atoms with Crippen molar-refractivity contribution in [3.8, 4) is 0 Å². The second kappa shape index (κ2) is 8.19. The number of hydrogen-bond acceptors (Lipinski definition) is 4. The molecule has 0 aromatic heterocycles. The first-order chi connectivity index (χ1) is 10.6. The fraction of sp³-hybridized carbons (Fsp3) is 0.500. The van der Waals surface area contributed by atoms with Gasteiger partial charge in [-0.3, -0.25) is 9.59 Å². The molecule has 0 fully saturated rings. The molecule has 1 N–H and O–H groups in total. The van der Waals surface area contributed by atoms with E-state index in [2.05, 4.69) is 5.32 Å². The molecule has 22 heavy (non-hydrogen) atoms. The number of benzene rings is 1. The van der Waals surface area contributed by atoms with Crippen LogP contribution < -0.4 is 10.2 Å². The number of thioether (sulfide) groups is 1. The van der Waals surface area contributed by atoms with Crippen LogP contribution in [0.3, 0.4) is 0 Å². The number of anilines is 1. The van der Waals surface area contributed by atoms with E-state index in [4.69, 9.17) is 4.74 Å². The van der Waals surface area contributed by atoms with Gasteiger partial charge >= 0.3 is 0 Å². The Balaban J connectivity index is 1.87. The quantitative estimate of drug-likeness (QED) is 0.871. The fourth-order valence-corrected chi connectivity index (χ4v) is 3.42. The highest BCUT2D eigenvalue weighted by Crippen LogP contribution is 2.34. The van der Waals surface area contributed by atoms with Gasteiger partial charge in [0.2, 0.25) is 11.8 Å². The molecule has 120 valence electrons. The molecule has 0 spiro atoms. The van der Waals surface area contributed by atoms with Crippen molar-refractivity contribution in [3.63, 3.8) is 0 Å². The van der Waals surface area contributed by atoms with E-state index in [0.717, 1.165) is 16.3 Å². The Morgan fingerprint density at radius 2 is 2.14 bits per heavy atom. The first-order valence-corrected chi connectivity index (χ1v) is 8.41. The van der Waals surface area contributed by atoms with Crippen LogP contribution in [0.1, 0.15) is 19.8 Å². The minimum absolute atomic E-state index is 0.00212. The first kappa shape index (κ1) is 16.8. The van der Waals surface area contributed by atoms with Crippen molar-refractivity contribution in [1.82, 2.24) is 5.32 Å². The molecule has 0 saturated carbocycles. The van der Waals surface area contributed by atoms with Crippen molar-refractivity contribution in [2.45, 2.75) is 30.7 Å². The van der Waals surface area contributed by atoms with E-state index >= 15 is 0 Å². The number of methoxy groups -OCH3 is 1. The molecular weight excluding hydrogens is 300 g/mol. The molecule has 1 heterocycles. The van der Waals surface area contributed by atoms with Crippen molar-refractivity contribution >= 4 is 29.3 Å². The number of para-hydroxylation sites is 1. The minimum atomic E-state index is -0.113. The summed E-state index contributed by atoms with van der Waals surface area (Å²) < 4.78 is 4.97. The molecule has 0 radical (unpaired) electrons. The second-order valence-electron chi connectivity index (χ2n) is 5.29. The Hall–Kier alpha value is -1.53. The average Bonchev–Trinajstić information content (AvgIpc) is 2.52. The van der Waals surface area contributed by atoms with E-state index in [1.807, 2.05) is 31.2 Å². The minimum Gasteiger partial charge on any atom is -0.383 e. The zero-order chi connectivity index (χ0) is 15.9. The van der Waals surface area contributed by atoms with Gasteiger partial charge in [-0.1, -0.05) is 12.1 Å². The van der Waals surface area contributed by atoms with Crippen molar-refractivity contribution in [1.29, 1.82) is 0 Å². The molecule has 0 aliphatic carbocycles. The summed E-state index contributed by atoms with van der Waals surface area (Å²) in [6.07, 6.45) is 0.434. The van der Waals surface area contributed by atoms with Gasteiger partial charge in [0.15, 0.2) is 0 Å². The number of rotatable bonds is 6.